The van der Waals surface area contributed by atoms with E-state index in [0.29, 0.717) is 18.4 Å². The Hall–Kier alpha value is -2.69. The van der Waals surface area contributed by atoms with Gasteiger partial charge in [-0.1, -0.05) is 12.1 Å². The molecule has 2 rings (SSSR count). The minimum absolute atomic E-state index is 0.265. The standard InChI is InChI=1S/C16H12F5NO4S/c1-27(24,25)22-15(23)11-6-13(18)14(7-12(11)17)26-8-9-2-4-10(5-3-9)16(19,20)21/h2-7H,8H2,1H3,(H,22,23). The van der Waals surface area contributed by atoms with Gasteiger partial charge in [-0.3, -0.25) is 4.79 Å². The zero-order chi connectivity index (χ0) is 20.4. The number of nitrogens with one attached hydrogen (secondary N) is 1. The highest BCUT2D eigenvalue weighted by Gasteiger charge is 2.30. The molecule has 0 aliphatic rings. The molecule has 1 amide bonds. The lowest BCUT2D eigenvalue weighted by Crippen LogP contribution is -2.30. The summed E-state index contributed by atoms with van der Waals surface area (Å²) in [6.07, 6.45) is -3.84. The SMILES string of the molecule is CS(=O)(=O)NC(=O)c1cc(F)c(OCc2ccc(C(F)(F)F)cc2)cc1F. The van der Waals surface area contributed by atoms with Crippen molar-refractivity contribution < 1.29 is 39.9 Å². The van der Waals surface area contributed by atoms with Crippen LogP contribution in [0.4, 0.5) is 22.0 Å². The van der Waals surface area contributed by atoms with Gasteiger partial charge in [0.15, 0.2) is 11.6 Å². The van der Waals surface area contributed by atoms with E-state index in [-0.39, 0.29) is 12.2 Å². The zero-order valence-electron chi connectivity index (χ0n) is 13.6. The molecule has 0 atom stereocenters. The van der Waals surface area contributed by atoms with Gasteiger partial charge in [-0.05, 0) is 23.8 Å². The van der Waals surface area contributed by atoms with Gasteiger partial charge in [-0.2, -0.15) is 13.2 Å². The van der Waals surface area contributed by atoms with E-state index in [1.807, 2.05) is 0 Å². The van der Waals surface area contributed by atoms with E-state index in [9.17, 15) is 35.2 Å². The predicted molar refractivity (Wildman–Crippen MR) is 84.4 cm³/mol. The largest absolute Gasteiger partial charge is 0.486 e. The van der Waals surface area contributed by atoms with E-state index in [1.54, 1.807) is 0 Å². The summed E-state index contributed by atoms with van der Waals surface area (Å²) >= 11 is 0. The van der Waals surface area contributed by atoms with E-state index < -0.39 is 50.6 Å². The molecule has 11 heteroatoms. The van der Waals surface area contributed by atoms with Crippen LogP contribution in [-0.4, -0.2) is 20.6 Å². The molecule has 0 heterocycles. The Morgan fingerprint density at radius 2 is 1.67 bits per heavy atom. The van der Waals surface area contributed by atoms with Crippen LogP contribution in [0.3, 0.4) is 0 Å². The van der Waals surface area contributed by atoms with Crippen LogP contribution in [0.5, 0.6) is 5.75 Å². The molecule has 0 spiro atoms. The smallest absolute Gasteiger partial charge is 0.416 e. The summed E-state index contributed by atoms with van der Waals surface area (Å²) in [7, 11) is -3.97. The van der Waals surface area contributed by atoms with Crippen LogP contribution < -0.4 is 9.46 Å². The van der Waals surface area contributed by atoms with Crippen LogP contribution in [0.15, 0.2) is 36.4 Å². The summed E-state index contributed by atoms with van der Waals surface area (Å²) in [5, 5.41) is 0. The lowest BCUT2D eigenvalue weighted by Gasteiger charge is -2.11. The number of alkyl halides is 3. The minimum Gasteiger partial charge on any atom is -0.486 e. The topological polar surface area (TPSA) is 72.5 Å². The third-order valence-corrected chi connectivity index (χ3v) is 3.78. The maximum absolute atomic E-state index is 14.0. The number of hydrogen-bond acceptors (Lipinski definition) is 4. The fourth-order valence-electron chi connectivity index (χ4n) is 1.99. The Labute approximate surface area is 150 Å². The molecule has 0 aliphatic carbocycles. The Bertz CT molecular complexity index is 956. The Kier molecular flexibility index (Phi) is 5.73. The minimum atomic E-state index is -4.50. The predicted octanol–water partition coefficient (Wildman–Crippen LogP) is 3.25. The summed E-state index contributed by atoms with van der Waals surface area (Å²) in [6.45, 7) is -0.358. The number of rotatable bonds is 5. The van der Waals surface area contributed by atoms with Crippen molar-refractivity contribution in [2.24, 2.45) is 0 Å². The summed E-state index contributed by atoms with van der Waals surface area (Å²) in [5.41, 5.74) is -1.45. The number of amides is 1. The van der Waals surface area contributed by atoms with Crippen LogP contribution in [0.25, 0.3) is 0 Å². The second kappa shape index (κ2) is 7.51. The molecule has 0 fully saturated rings. The van der Waals surface area contributed by atoms with Gasteiger partial charge in [-0.15, -0.1) is 0 Å². The third-order valence-electron chi connectivity index (χ3n) is 3.22. The molecule has 0 saturated carbocycles. The fourth-order valence-corrected chi connectivity index (χ4v) is 2.43. The first-order valence-electron chi connectivity index (χ1n) is 7.17. The molecule has 0 aliphatic heterocycles. The summed E-state index contributed by atoms with van der Waals surface area (Å²) < 4.78 is 93.8. The lowest BCUT2D eigenvalue weighted by atomic mass is 10.1. The van der Waals surface area contributed by atoms with E-state index in [4.69, 9.17) is 4.74 Å². The van der Waals surface area contributed by atoms with Gasteiger partial charge in [0, 0.05) is 6.07 Å². The summed E-state index contributed by atoms with van der Waals surface area (Å²) in [4.78, 5) is 11.6. The Balaban J connectivity index is 2.14. The van der Waals surface area contributed by atoms with Gasteiger partial charge >= 0.3 is 6.18 Å². The number of hydrogen-bond donors (Lipinski definition) is 1. The molecule has 0 bridgehead atoms. The molecule has 0 radical (unpaired) electrons. The van der Waals surface area contributed by atoms with Crippen molar-refractivity contribution in [2.75, 3.05) is 6.26 Å². The van der Waals surface area contributed by atoms with Gasteiger partial charge in [-0.25, -0.2) is 21.9 Å². The van der Waals surface area contributed by atoms with Crippen molar-refractivity contribution in [3.8, 4) is 5.75 Å². The number of carbonyl (C=O) groups excluding carboxylic acids is 1. The molecule has 2 aromatic carbocycles. The highest BCUT2D eigenvalue weighted by molar-refractivity contribution is 7.89. The van der Waals surface area contributed by atoms with Crippen LogP contribution >= 0.6 is 0 Å². The molecular formula is C16H12F5NO4S. The average Bonchev–Trinajstić information content (AvgIpc) is 2.53. The number of benzene rings is 2. The monoisotopic (exact) mass is 409 g/mol. The van der Waals surface area contributed by atoms with E-state index in [2.05, 4.69) is 0 Å². The Morgan fingerprint density at radius 3 is 2.19 bits per heavy atom. The molecule has 5 nitrogen and oxygen atoms in total. The van der Waals surface area contributed by atoms with Crippen LogP contribution in [0.2, 0.25) is 0 Å². The molecule has 0 aromatic heterocycles. The number of carbonyl (C=O) groups is 1. The fraction of sp³-hybridized carbons (Fsp3) is 0.188. The van der Waals surface area contributed by atoms with Gasteiger partial charge < -0.3 is 4.74 Å². The summed E-state index contributed by atoms with van der Waals surface area (Å²) in [6, 6.07) is 4.85. The van der Waals surface area contributed by atoms with Gasteiger partial charge in [0.1, 0.15) is 12.4 Å². The third kappa shape index (κ3) is 5.64. The first-order chi connectivity index (χ1) is 12.4. The number of ether oxygens (including phenoxy) is 1. The molecular weight excluding hydrogens is 397 g/mol. The van der Waals surface area contributed by atoms with Gasteiger partial charge in [0.2, 0.25) is 10.0 Å². The van der Waals surface area contributed by atoms with Crippen molar-refractivity contribution in [2.45, 2.75) is 12.8 Å². The highest BCUT2D eigenvalue weighted by atomic mass is 32.2. The normalized spacial score (nSPS) is 11.9. The van der Waals surface area contributed by atoms with Crippen LogP contribution in [0, 0.1) is 11.6 Å². The van der Waals surface area contributed by atoms with E-state index in [1.165, 1.54) is 4.72 Å². The number of halogens is 5. The quantitative estimate of drug-likeness (QED) is 0.770. The van der Waals surface area contributed by atoms with E-state index >= 15 is 0 Å². The van der Waals surface area contributed by atoms with Crippen LogP contribution in [0.1, 0.15) is 21.5 Å². The number of sulfonamides is 1. The maximum atomic E-state index is 14.0. The van der Waals surface area contributed by atoms with Gasteiger partial charge in [0.25, 0.3) is 5.91 Å². The first kappa shape index (κ1) is 20.6. The molecule has 0 unspecified atom stereocenters. The second-order valence-electron chi connectivity index (χ2n) is 5.45. The Morgan fingerprint density at radius 1 is 1.07 bits per heavy atom. The van der Waals surface area contributed by atoms with Gasteiger partial charge in [0.05, 0.1) is 17.4 Å². The summed E-state index contributed by atoms with van der Waals surface area (Å²) in [5.74, 6) is -4.34. The second-order valence-corrected chi connectivity index (χ2v) is 7.20. The van der Waals surface area contributed by atoms with Crippen molar-refractivity contribution in [3.63, 3.8) is 0 Å². The van der Waals surface area contributed by atoms with Crippen molar-refractivity contribution >= 4 is 15.9 Å². The molecule has 0 saturated heterocycles. The van der Waals surface area contributed by atoms with Crippen molar-refractivity contribution in [1.82, 2.24) is 4.72 Å². The van der Waals surface area contributed by atoms with Crippen LogP contribution in [-0.2, 0) is 22.8 Å². The first-order valence-corrected chi connectivity index (χ1v) is 9.06. The molecule has 27 heavy (non-hydrogen) atoms. The van der Waals surface area contributed by atoms with Crippen molar-refractivity contribution in [1.29, 1.82) is 0 Å². The molecule has 146 valence electrons. The highest BCUT2D eigenvalue weighted by Crippen LogP contribution is 2.29. The van der Waals surface area contributed by atoms with E-state index in [0.717, 1.165) is 24.3 Å². The average molecular weight is 409 g/mol. The van der Waals surface area contributed by atoms with Crippen molar-refractivity contribution in [3.05, 3.63) is 64.7 Å². The maximum Gasteiger partial charge on any atom is 0.416 e. The molecule has 1 N–H and O–H groups in total. The lowest BCUT2D eigenvalue weighted by molar-refractivity contribution is -0.137. The zero-order valence-corrected chi connectivity index (χ0v) is 14.4. The molecule has 2 aromatic rings.